The molecular weight excluding hydrogens is 354 g/mol. The molecule has 2 aromatic carbocycles. The van der Waals surface area contributed by atoms with Crippen molar-refractivity contribution in [2.24, 2.45) is 0 Å². The van der Waals surface area contributed by atoms with Crippen LogP contribution in [0.3, 0.4) is 0 Å². The maximum absolute atomic E-state index is 5.40. The zero-order valence-corrected chi connectivity index (χ0v) is 16.0. The lowest BCUT2D eigenvalue weighted by molar-refractivity contribution is 0.384. The Morgan fingerprint density at radius 2 is 1.93 bits per heavy atom. The number of anilines is 1. The third-order valence-corrected chi connectivity index (χ3v) is 4.57. The standard InChI is InChI=1S/C20H21N7O/c1-13(2)15-5-7-16(8-6-15)20-23-19(28-24-20)11-21-18-10-17(9-4-14(18)3)27-12-22-25-26-27/h4-10,12-13,21H,11H2,1-3H3. The summed E-state index contributed by atoms with van der Waals surface area (Å²) in [7, 11) is 0. The van der Waals surface area contributed by atoms with E-state index < -0.39 is 0 Å². The van der Waals surface area contributed by atoms with E-state index in [1.54, 1.807) is 11.0 Å². The molecule has 1 N–H and O–H groups in total. The second-order valence-corrected chi connectivity index (χ2v) is 6.90. The molecule has 2 aromatic heterocycles. The summed E-state index contributed by atoms with van der Waals surface area (Å²) in [5.74, 6) is 1.60. The summed E-state index contributed by atoms with van der Waals surface area (Å²) in [6, 6.07) is 14.2. The van der Waals surface area contributed by atoms with Crippen LogP contribution in [0.15, 0.2) is 53.3 Å². The van der Waals surface area contributed by atoms with Crippen LogP contribution in [0.4, 0.5) is 5.69 Å². The number of hydrogen-bond acceptors (Lipinski definition) is 7. The molecule has 0 bridgehead atoms. The van der Waals surface area contributed by atoms with Crippen LogP contribution in [0.1, 0.15) is 36.8 Å². The largest absolute Gasteiger partial charge is 0.376 e. The summed E-state index contributed by atoms with van der Waals surface area (Å²) in [5, 5.41) is 18.7. The van der Waals surface area contributed by atoms with Crippen molar-refractivity contribution in [1.29, 1.82) is 0 Å². The molecule has 4 rings (SSSR count). The second-order valence-electron chi connectivity index (χ2n) is 6.90. The normalized spacial score (nSPS) is 11.1. The Morgan fingerprint density at radius 1 is 1.11 bits per heavy atom. The molecule has 0 atom stereocenters. The van der Waals surface area contributed by atoms with Gasteiger partial charge in [0.15, 0.2) is 0 Å². The summed E-state index contributed by atoms with van der Waals surface area (Å²) >= 11 is 0. The average Bonchev–Trinajstić information content (AvgIpc) is 3.40. The Labute approximate surface area is 162 Å². The van der Waals surface area contributed by atoms with Crippen molar-refractivity contribution in [3.63, 3.8) is 0 Å². The van der Waals surface area contributed by atoms with Crippen LogP contribution in [0.25, 0.3) is 17.1 Å². The molecule has 28 heavy (non-hydrogen) atoms. The SMILES string of the molecule is Cc1ccc(-n2cnnn2)cc1NCc1nc(-c2ccc(C(C)C)cc2)no1. The van der Waals surface area contributed by atoms with Gasteiger partial charge < -0.3 is 9.84 Å². The van der Waals surface area contributed by atoms with Crippen LogP contribution in [-0.2, 0) is 6.54 Å². The Balaban J connectivity index is 1.47. The van der Waals surface area contributed by atoms with Crippen LogP contribution < -0.4 is 5.32 Å². The van der Waals surface area contributed by atoms with E-state index in [0.717, 1.165) is 22.5 Å². The molecule has 0 unspecified atom stereocenters. The highest BCUT2D eigenvalue weighted by Gasteiger charge is 2.10. The van der Waals surface area contributed by atoms with Crippen molar-refractivity contribution in [3.8, 4) is 17.1 Å². The van der Waals surface area contributed by atoms with E-state index in [4.69, 9.17) is 4.52 Å². The van der Waals surface area contributed by atoms with E-state index in [9.17, 15) is 0 Å². The molecule has 0 fully saturated rings. The van der Waals surface area contributed by atoms with Crippen molar-refractivity contribution < 1.29 is 4.52 Å². The second kappa shape index (κ2) is 7.59. The number of rotatable bonds is 6. The number of tetrazole rings is 1. The van der Waals surface area contributed by atoms with Crippen molar-refractivity contribution in [1.82, 2.24) is 30.3 Å². The first-order valence-corrected chi connectivity index (χ1v) is 9.11. The first-order valence-electron chi connectivity index (χ1n) is 9.11. The van der Waals surface area contributed by atoms with Gasteiger partial charge in [-0.2, -0.15) is 4.98 Å². The highest BCUT2D eigenvalue weighted by molar-refractivity contribution is 5.57. The summed E-state index contributed by atoms with van der Waals surface area (Å²) in [6.45, 7) is 6.80. The van der Waals surface area contributed by atoms with Gasteiger partial charge in [-0.05, 0) is 46.5 Å². The molecular formula is C20H21N7O. The van der Waals surface area contributed by atoms with E-state index in [-0.39, 0.29) is 0 Å². The zero-order chi connectivity index (χ0) is 19.5. The van der Waals surface area contributed by atoms with Gasteiger partial charge in [-0.25, -0.2) is 4.68 Å². The topological polar surface area (TPSA) is 94.6 Å². The molecule has 0 spiro atoms. The summed E-state index contributed by atoms with van der Waals surface area (Å²) in [5.41, 5.74) is 5.15. The zero-order valence-electron chi connectivity index (χ0n) is 16.0. The molecule has 4 aromatic rings. The molecule has 0 aliphatic rings. The minimum absolute atomic E-state index is 0.428. The fourth-order valence-electron chi connectivity index (χ4n) is 2.85. The molecule has 0 saturated carbocycles. The van der Waals surface area contributed by atoms with Crippen LogP contribution in [0.2, 0.25) is 0 Å². The molecule has 2 heterocycles. The highest BCUT2D eigenvalue weighted by Crippen LogP contribution is 2.22. The van der Waals surface area contributed by atoms with Gasteiger partial charge in [-0.15, -0.1) is 5.10 Å². The van der Waals surface area contributed by atoms with Gasteiger partial charge in [-0.3, -0.25) is 0 Å². The minimum Gasteiger partial charge on any atom is -0.376 e. The fourth-order valence-corrected chi connectivity index (χ4v) is 2.85. The molecule has 0 aliphatic heterocycles. The van der Waals surface area contributed by atoms with Crippen LogP contribution >= 0.6 is 0 Å². The van der Waals surface area contributed by atoms with Crippen molar-refractivity contribution in [2.75, 3.05) is 5.32 Å². The van der Waals surface area contributed by atoms with Gasteiger partial charge in [0.25, 0.3) is 0 Å². The Kier molecular flexibility index (Phi) is 4.84. The third kappa shape index (κ3) is 3.75. The van der Waals surface area contributed by atoms with Gasteiger partial charge in [-0.1, -0.05) is 49.3 Å². The molecule has 142 valence electrons. The van der Waals surface area contributed by atoms with Crippen LogP contribution in [0.5, 0.6) is 0 Å². The lowest BCUT2D eigenvalue weighted by Gasteiger charge is -2.09. The highest BCUT2D eigenvalue weighted by atomic mass is 16.5. The number of benzene rings is 2. The summed E-state index contributed by atoms with van der Waals surface area (Å²) in [6.07, 6.45) is 1.56. The van der Waals surface area contributed by atoms with Crippen molar-refractivity contribution in [3.05, 3.63) is 65.8 Å². The quantitative estimate of drug-likeness (QED) is 0.548. The maximum atomic E-state index is 5.40. The first-order chi connectivity index (χ1) is 13.6. The monoisotopic (exact) mass is 375 g/mol. The summed E-state index contributed by atoms with van der Waals surface area (Å²) in [4.78, 5) is 4.49. The molecule has 0 saturated heterocycles. The summed E-state index contributed by atoms with van der Waals surface area (Å²) < 4.78 is 7.01. The first kappa shape index (κ1) is 17.8. The number of nitrogens with zero attached hydrogens (tertiary/aromatic N) is 6. The predicted octanol–water partition coefficient (Wildman–Crippen LogP) is 3.76. The average molecular weight is 375 g/mol. The van der Waals surface area contributed by atoms with Crippen LogP contribution in [-0.4, -0.2) is 30.3 Å². The van der Waals surface area contributed by atoms with E-state index >= 15 is 0 Å². The number of nitrogens with one attached hydrogen (secondary N) is 1. The van der Waals surface area contributed by atoms with Crippen molar-refractivity contribution in [2.45, 2.75) is 33.2 Å². The lowest BCUT2D eigenvalue weighted by atomic mass is 10.0. The van der Waals surface area contributed by atoms with E-state index in [2.05, 4.69) is 57.0 Å². The van der Waals surface area contributed by atoms with E-state index in [0.29, 0.717) is 24.2 Å². The number of aromatic nitrogens is 6. The van der Waals surface area contributed by atoms with Crippen molar-refractivity contribution >= 4 is 5.69 Å². The van der Waals surface area contributed by atoms with Gasteiger partial charge in [0, 0.05) is 11.3 Å². The van der Waals surface area contributed by atoms with Crippen LogP contribution in [0, 0.1) is 6.92 Å². The lowest BCUT2D eigenvalue weighted by Crippen LogP contribution is -2.03. The number of hydrogen-bond donors (Lipinski definition) is 1. The Bertz CT molecular complexity index is 1050. The maximum Gasteiger partial charge on any atom is 0.246 e. The van der Waals surface area contributed by atoms with Gasteiger partial charge in [0.2, 0.25) is 11.7 Å². The minimum atomic E-state index is 0.428. The molecule has 0 amide bonds. The molecule has 0 radical (unpaired) electrons. The van der Waals surface area contributed by atoms with E-state index in [1.165, 1.54) is 5.56 Å². The predicted molar refractivity (Wildman–Crippen MR) is 105 cm³/mol. The smallest absolute Gasteiger partial charge is 0.246 e. The third-order valence-electron chi connectivity index (χ3n) is 4.57. The van der Waals surface area contributed by atoms with Gasteiger partial charge >= 0.3 is 0 Å². The Hall–Kier alpha value is -3.55. The van der Waals surface area contributed by atoms with Gasteiger partial charge in [0.1, 0.15) is 6.33 Å². The molecule has 8 nitrogen and oxygen atoms in total. The van der Waals surface area contributed by atoms with E-state index in [1.807, 2.05) is 37.3 Å². The number of aryl methyl sites for hydroxylation is 1. The Morgan fingerprint density at radius 3 is 2.64 bits per heavy atom. The van der Waals surface area contributed by atoms with Gasteiger partial charge in [0.05, 0.1) is 12.2 Å². The fraction of sp³-hybridized carbons (Fsp3) is 0.250. The molecule has 0 aliphatic carbocycles. The molecule has 8 heteroatoms.